The molecular formula is C27H31N7O2. The van der Waals surface area contributed by atoms with Crippen molar-refractivity contribution in [3.8, 4) is 17.3 Å². The van der Waals surface area contributed by atoms with E-state index in [0.717, 1.165) is 46.6 Å². The van der Waals surface area contributed by atoms with Crippen molar-refractivity contribution in [2.45, 2.75) is 43.9 Å². The summed E-state index contributed by atoms with van der Waals surface area (Å²) in [7, 11) is 3.63. The molecule has 1 saturated heterocycles. The molecule has 2 saturated carbocycles. The van der Waals surface area contributed by atoms with Gasteiger partial charge in [-0.25, -0.2) is 9.97 Å². The van der Waals surface area contributed by atoms with E-state index in [9.17, 15) is 4.79 Å². The fraction of sp³-hybridized carbons (Fsp3) is 0.444. The second-order valence-corrected chi connectivity index (χ2v) is 10.7. The van der Waals surface area contributed by atoms with E-state index in [2.05, 4.69) is 26.3 Å². The summed E-state index contributed by atoms with van der Waals surface area (Å²) in [4.78, 5) is 25.2. The van der Waals surface area contributed by atoms with E-state index in [1.54, 1.807) is 7.11 Å². The van der Waals surface area contributed by atoms with Crippen LogP contribution in [0.4, 0.5) is 0 Å². The average molecular weight is 486 g/mol. The van der Waals surface area contributed by atoms with Crippen LogP contribution in [0, 0.1) is 11.8 Å². The van der Waals surface area contributed by atoms with E-state index >= 15 is 0 Å². The molecule has 9 heteroatoms. The number of ether oxygens (including phenoxy) is 1. The van der Waals surface area contributed by atoms with Gasteiger partial charge in [-0.05, 0) is 61.4 Å². The number of benzene rings is 1. The van der Waals surface area contributed by atoms with Crippen molar-refractivity contribution in [2.24, 2.45) is 30.4 Å². The lowest BCUT2D eigenvalue weighted by atomic mass is 10.0. The van der Waals surface area contributed by atoms with Crippen LogP contribution in [0.5, 0.6) is 5.75 Å². The Labute approximate surface area is 209 Å². The normalized spacial score (nSPS) is 25.4. The summed E-state index contributed by atoms with van der Waals surface area (Å²) in [6, 6.07) is 9.66. The predicted octanol–water partition coefficient (Wildman–Crippen LogP) is 2.51. The van der Waals surface area contributed by atoms with Gasteiger partial charge in [-0.15, -0.1) is 0 Å². The molecule has 4 atom stereocenters. The predicted molar refractivity (Wildman–Crippen MR) is 138 cm³/mol. The Hall–Kier alpha value is -3.43. The third-order valence-corrected chi connectivity index (χ3v) is 8.43. The molecule has 2 aliphatic carbocycles. The monoisotopic (exact) mass is 485 g/mol. The number of likely N-dealkylation sites (tertiary alicyclic amines) is 1. The first-order chi connectivity index (χ1) is 17.4. The van der Waals surface area contributed by atoms with Gasteiger partial charge in [-0.3, -0.25) is 4.79 Å². The second-order valence-electron chi connectivity index (χ2n) is 10.7. The number of hydrogen-bond donors (Lipinski definition) is 2. The maximum atomic E-state index is 13.6. The van der Waals surface area contributed by atoms with Crippen molar-refractivity contribution in [1.82, 2.24) is 24.0 Å². The highest BCUT2D eigenvalue weighted by Gasteiger charge is 2.51. The number of rotatable bonds is 5. The smallest absolute Gasteiger partial charge is 0.254 e. The molecule has 4 N–H and O–H groups in total. The number of methoxy groups -OCH3 is 1. The minimum Gasteiger partial charge on any atom is -0.494 e. The van der Waals surface area contributed by atoms with Crippen LogP contribution in [0.1, 0.15) is 29.6 Å². The maximum Gasteiger partial charge on any atom is 0.254 e. The van der Waals surface area contributed by atoms with Crippen molar-refractivity contribution in [3.63, 3.8) is 0 Å². The number of aromatic nitrogens is 4. The molecule has 4 heterocycles. The number of nitrogens with zero attached hydrogens (tertiary/aromatic N) is 5. The van der Waals surface area contributed by atoms with Crippen LogP contribution in [0.3, 0.4) is 0 Å². The second kappa shape index (κ2) is 7.78. The van der Waals surface area contributed by atoms with Gasteiger partial charge in [0.15, 0.2) is 5.82 Å². The van der Waals surface area contributed by atoms with Crippen molar-refractivity contribution in [3.05, 3.63) is 42.1 Å². The molecule has 1 aliphatic heterocycles. The standard InChI is InChI=1S/C27H31N7O2/c1-32-24-19(31-26(32)20-10-15-4-3-7-30-25(15)33(20)12-14-5-6-14)9-16(11-21(24)36-2)27(35)34-13-17-8-18(28)23(34)22(17)29/h3-4,7,9-11,14,17-18,22-23H,5-6,8,12-13,28-29H2,1-2H3/t17-,18+,22?,23?/m1/s1. The molecule has 1 aromatic carbocycles. The lowest BCUT2D eigenvalue weighted by Crippen LogP contribution is -2.51. The quantitative estimate of drug-likeness (QED) is 0.449. The summed E-state index contributed by atoms with van der Waals surface area (Å²) >= 11 is 0. The number of carbonyl (C=O) groups is 1. The van der Waals surface area contributed by atoms with E-state index in [0.29, 0.717) is 23.8 Å². The zero-order valence-corrected chi connectivity index (χ0v) is 20.6. The van der Waals surface area contributed by atoms with Gasteiger partial charge >= 0.3 is 0 Å². The van der Waals surface area contributed by atoms with Crippen molar-refractivity contribution in [1.29, 1.82) is 0 Å². The molecule has 3 aliphatic rings. The fourth-order valence-electron chi connectivity index (χ4n) is 6.44. The van der Waals surface area contributed by atoms with Gasteiger partial charge in [0.2, 0.25) is 0 Å². The SMILES string of the molecule is COc1cc(C(=O)N2C[C@H]3C[C@H](N)C2C3N)cc2nc(-c3cc4cccnc4n3CC3CC3)n(C)c12. The number of amides is 1. The summed E-state index contributed by atoms with van der Waals surface area (Å²) < 4.78 is 10.1. The van der Waals surface area contributed by atoms with E-state index in [1.807, 2.05) is 36.3 Å². The molecule has 0 radical (unpaired) electrons. The topological polar surface area (TPSA) is 117 Å². The van der Waals surface area contributed by atoms with Crippen molar-refractivity contribution >= 4 is 28.0 Å². The van der Waals surface area contributed by atoms with Crippen LogP contribution in [-0.4, -0.2) is 61.7 Å². The molecule has 4 aromatic rings. The molecule has 36 heavy (non-hydrogen) atoms. The minimum absolute atomic E-state index is 0.0574. The van der Waals surface area contributed by atoms with Gasteiger partial charge in [0.1, 0.15) is 16.9 Å². The van der Waals surface area contributed by atoms with E-state index in [4.69, 9.17) is 21.2 Å². The number of nitrogens with two attached hydrogens (primary N) is 2. The van der Waals surface area contributed by atoms with E-state index in [1.165, 1.54) is 12.8 Å². The van der Waals surface area contributed by atoms with E-state index in [-0.39, 0.29) is 30.0 Å². The lowest BCUT2D eigenvalue weighted by Gasteiger charge is -2.31. The zero-order chi connectivity index (χ0) is 24.7. The number of fused-ring (bicyclic) bond motifs is 4. The molecule has 186 valence electrons. The van der Waals surface area contributed by atoms with Crippen LogP contribution >= 0.6 is 0 Å². The molecule has 3 fully saturated rings. The summed E-state index contributed by atoms with van der Waals surface area (Å²) in [5, 5.41) is 1.10. The number of pyridine rings is 1. The Kier molecular flexibility index (Phi) is 4.72. The third-order valence-electron chi connectivity index (χ3n) is 8.43. The average Bonchev–Trinajstić information content (AvgIpc) is 3.32. The van der Waals surface area contributed by atoms with Crippen LogP contribution < -0.4 is 16.2 Å². The molecule has 2 bridgehead atoms. The number of aryl methyl sites for hydroxylation is 1. The third kappa shape index (κ3) is 3.12. The van der Waals surface area contributed by atoms with Crippen LogP contribution in [-0.2, 0) is 13.6 Å². The molecule has 3 aromatic heterocycles. The first-order valence-corrected chi connectivity index (χ1v) is 12.8. The Morgan fingerprint density at radius 2 is 2.06 bits per heavy atom. The largest absolute Gasteiger partial charge is 0.494 e. The Bertz CT molecular complexity index is 1520. The van der Waals surface area contributed by atoms with Gasteiger partial charge in [0, 0.05) is 49.4 Å². The van der Waals surface area contributed by atoms with Crippen LogP contribution in [0.25, 0.3) is 33.6 Å². The molecule has 9 nitrogen and oxygen atoms in total. The van der Waals surface area contributed by atoms with Gasteiger partial charge in [0.25, 0.3) is 5.91 Å². The minimum atomic E-state index is -0.117. The van der Waals surface area contributed by atoms with Gasteiger partial charge in [-0.2, -0.15) is 0 Å². The highest BCUT2D eigenvalue weighted by Crippen LogP contribution is 2.39. The molecule has 1 amide bonds. The lowest BCUT2D eigenvalue weighted by molar-refractivity contribution is 0.0681. The summed E-state index contributed by atoms with van der Waals surface area (Å²) in [5.74, 6) is 2.34. The molecular weight excluding hydrogens is 454 g/mol. The van der Waals surface area contributed by atoms with Crippen molar-refractivity contribution < 1.29 is 9.53 Å². The van der Waals surface area contributed by atoms with Crippen molar-refractivity contribution in [2.75, 3.05) is 13.7 Å². The van der Waals surface area contributed by atoms with Gasteiger partial charge in [-0.1, -0.05) is 0 Å². The number of imidazole rings is 1. The van der Waals surface area contributed by atoms with Gasteiger partial charge in [0.05, 0.1) is 24.4 Å². The highest BCUT2D eigenvalue weighted by molar-refractivity contribution is 6.00. The summed E-state index contributed by atoms with van der Waals surface area (Å²) in [6.07, 6.45) is 5.22. The Morgan fingerprint density at radius 1 is 1.22 bits per heavy atom. The Morgan fingerprint density at radius 3 is 2.78 bits per heavy atom. The molecule has 2 unspecified atom stereocenters. The first-order valence-electron chi connectivity index (χ1n) is 12.8. The number of hydrogen-bond acceptors (Lipinski definition) is 6. The summed E-state index contributed by atoms with van der Waals surface area (Å²) in [6.45, 7) is 1.58. The highest BCUT2D eigenvalue weighted by atomic mass is 16.5. The first kappa shape index (κ1) is 21.8. The summed E-state index contributed by atoms with van der Waals surface area (Å²) in [5.41, 5.74) is 16.8. The fourth-order valence-corrected chi connectivity index (χ4v) is 6.44. The zero-order valence-electron chi connectivity index (χ0n) is 20.6. The van der Waals surface area contributed by atoms with Crippen LogP contribution in [0.15, 0.2) is 36.5 Å². The van der Waals surface area contributed by atoms with Crippen LogP contribution in [0.2, 0.25) is 0 Å². The van der Waals surface area contributed by atoms with E-state index < -0.39 is 0 Å². The van der Waals surface area contributed by atoms with Gasteiger partial charge < -0.3 is 30.2 Å². The number of piperidine rings is 1. The maximum absolute atomic E-state index is 13.6. The molecule has 7 rings (SSSR count). The Balaban J connectivity index is 1.34. The molecule has 0 spiro atoms. The number of carbonyl (C=O) groups excluding carboxylic acids is 1.